The molecule has 0 radical (unpaired) electrons. The van der Waals surface area contributed by atoms with Crippen molar-refractivity contribution in [3.63, 3.8) is 0 Å². The summed E-state index contributed by atoms with van der Waals surface area (Å²) in [5.41, 5.74) is 0. The number of amides is 1. The number of rotatable bonds is 5. The van der Waals surface area contributed by atoms with Gasteiger partial charge in [-0.3, -0.25) is 9.69 Å². The van der Waals surface area contributed by atoms with Gasteiger partial charge in [-0.25, -0.2) is 0 Å². The van der Waals surface area contributed by atoms with E-state index in [4.69, 9.17) is 0 Å². The first kappa shape index (κ1) is 13.8. The van der Waals surface area contributed by atoms with Crippen LogP contribution in [0.1, 0.15) is 13.3 Å². The van der Waals surface area contributed by atoms with E-state index in [0.717, 1.165) is 31.9 Å². The summed E-state index contributed by atoms with van der Waals surface area (Å²) < 4.78 is 0. The van der Waals surface area contributed by atoms with E-state index in [1.165, 1.54) is 0 Å². The first-order valence-corrected chi connectivity index (χ1v) is 7.20. The lowest BCUT2D eigenvalue weighted by atomic mass is 10.2. The van der Waals surface area contributed by atoms with Crippen LogP contribution in [0.4, 0.5) is 0 Å². The van der Waals surface area contributed by atoms with Gasteiger partial charge in [0.25, 0.3) is 0 Å². The molecule has 1 heterocycles. The fraction of sp³-hybridized carbons (Fsp3) is 0.909. The molecule has 1 atom stereocenters. The zero-order valence-corrected chi connectivity index (χ0v) is 11.0. The molecule has 0 saturated carbocycles. The largest absolute Gasteiger partial charge is 0.392 e. The number of hydrogen-bond donors (Lipinski definition) is 1. The smallest absolute Gasteiger partial charge is 0.223 e. The molecule has 1 saturated heterocycles. The molecular weight excluding hydrogens is 224 g/mol. The summed E-state index contributed by atoms with van der Waals surface area (Å²) >= 11 is 1.71. The van der Waals surface area contributed by atoms with Gasteiger partial charge in [0.1, 0.15) is 0 Å². The minimum Gasteiger partial charge on any atom is -0.392 e. The standard InChI is InChI=1S/C11H22N2O2S/c1-10(14)9-12-4-6-13(7-5-12)11(15)3-8-16-2/h10,14H,3-9H2,1-2H3/t10-/m1/s1. The van der Waals surface area contributed by atoms with Crippen molar-refractivity contribution >= 4 is 17.7 Å². The van der Waals surface area contributed by atoms with Gasteiger partial charge in [0.05, 0.1) is 6.10 Å². The van der Waals surface area contributed by atoms with Crippen molar-refractivity contribution in [2.45, 2.75) is 19.4 Å². The number of aliphatic hydroxyl groups excluding tert-OH is 1. The topological polar surface area (TPSA) is 43.8 Å². The summed E-state index contributed by atoms with van der Waals surface area (Å²) in [6, 6.07) is 0. The third-order valence-corrected chi connectivity index (χ3v) is 3.38. The maximum absolute atomic E-state index is 11.7. The summed E-state index contributed by atoms with van der Waals surface area (Å²) in [6.07, 6.45) is 2.39. The number of nitrogens with zero attached hydrogens (tertiary/aromatic N) is 2. The van der Waals surface area contributed by atoms with Gasteiger partial charge < -0.3 is 10.0 Å². The Morgan fingerprint density at radius 1 is 1.38 bits per heavy atom. The number of piperazine rings is 1. The molecule has 1 fully saturated rings. The van der Waals surface area contributed by atoms with Crippen LogP contribution in [0.5, 0.6) is 0 Å². The summed E-state index contributed by atoms with van der Waals surface area (Å²) in [5, 5.41) is 9.27. The fourth-order valence-electron chi connectivity index (χ4n) is 1.90. The van der Waals surface area contributed by atoms with E-state index in [1.807, 2.05) is 11.2 Å². The molecule has 4 nitrogen and oxygen atoms in total. The maximum atomic E-state index is 11.7. The van der Waals surface area contributed by atoms with Gasteiger partial charge in [-0.15, -0.1) is 0 Å². The Morgan fingerprint density at radius 2 is 2.00 bits per heavy atom. The van der Waals surface area contributed by atoms with Gasteiger partial charge in [-0.1, -0.05) is 0 Å². The van der Waals surface area contributed by atoms with Crippen LogP contribution in [0.3, 0.4) is 0 Å². The summed E-state index contributed by atoms with van der Waals surface area (Å²) in [6.45, 7) is 5.90. The molecule has 1 aliphatic heterocycles. The van der Waals surface area contributed by atoms with Gasteiger partial charge in [0.15, 0.2) is 0 Å². The van der Waals surface area contributed by atoms with E-state index in [9.17, 15) is 9.90 Å². The zero-order chi connectivity index (χ0) is 12.0. The highest BCUT2D eigenvalue weighted by Crippen LogP contribution is 2.06. The van der Waals surface area contributed by atoms with Gasteiger partial charge in [-0.05, 0) is 13.2 Å². The van der Waals surface area contributed by atoms with E-state index >= 15 is 0 Å². The Hall–Kier alpha value is -0.260. The second kappa shape index (κ2) is 7.14. The van der Waals surface area contributed by atoms with E-state index in [0.29, 0.717) is 13.0 Å². The highest BCUT2D eigenvalue weighted by Gasteiger charge is 2.20. The average molecular weight is 246 g/mol. The third-order valence-electron chi connectivity index (χ3n) is 2.77. The molecule has 16 heavy (non-hydrogen) atoms. The predicted molar refractivity (Wildman–Crippen MR) is 67.7 cm³/mol. The van der Waals surface area contributed by atoms with Gasteiger partial charge in [-0.2, -0.15) is 11.8 Å². The number of hydrogen-bond acceptors (Lipinski definition) is 4. The van der Waals surface area contributed by atoms with Crippen molar-refractivity contribution in [1.82, 2.24) is 9.80 Å². The zero-order valence-electron chi connectivity index (χ0n) is 10.2. The molecule has 5 heteroatoms. The molecule has 0 aliphatic carbocycles. The number of carbonyl (C=O) groups excluding carboxylic acids is 1. The lowest BCUT2D eigenvalue weighted by molar-refractivity contribution is -0.132. The maximum Gasteiger partial charge on any atom is 0.223 e. The van der Waals surface area contributed by atoms with Crippen molar-refractivity contribution in [3.8, 4) is 0 Å². The quantitative estimate of drug-likeness (QED) is 0.756. The molecule has 1 N–H and O–H groups in total. The van der Waals surface area contributed by atoms with Crippen molar-refractivity contribution in [2.75, 3.05) is 44.7 Å². The Bertz CT molecular complexity index is 216. The minimum absolute atomic E-state index is 0.269. The van der Waals surface area contributed by atoms with E-state index in [1.54, 1.807) is 18.7 Å². The highest BCUT2D eigenvalue weighted by atomic mass is 32.2. The lowest BCUT2D eigenvalue weighted by Gasteiger charge is -2.35. The molecular formula is C11H22N2O2S. The molecule has 0 spiro atoms. The molecule has 1 rings (SSSR count). The summed E-state index contributed by atoms with van der Waals surface area (Å²) in [7, 11) is 0. The molecule has 0 aromatic heterocycles. The Labute approximate surface area is 102 Å². The molecule has 1 aliphatic rings. The Morgan fingerprint density at radius 3 is 2.50 bits per heavy atom. The van der Waals surface area contributed by atoms with Crippen molar-refractivity contribution in [3.05, 3.63) is 0 Å². The van der Waals surface area contributed by atoms with Crippen LogP contribution in [-0.4, -0.2) is 71.6 Å². The van der Waals surface area contributed by atoms with Crippen LogP contribution in [0, 0.1) is 0 Å². The molecule has 0 aromatic rings. The van der Waals surface area contributed by atoms with Crippen molar-refractivity contribution in [2.24, 2.45) is 0 Å². The van der Waals surface area contributed by atoms with E-state index in [2.05, 4.69) is 4.90 Å². The van der Waals surface area contributed by atoms with Crippen LogP contribution >= 0.6 is 11.8 Å². The van der Waals surface area contributed by atoms with Crippen LogP contribution < -0.4 is 0 Å². The number of thioether (sulfide) groups is 1. The molecule has 0 bridgehead atoms. The average Bonchev–Trinajstić information content (AvgIpc) is 2.26. The molecule has 0 aromatic carbocycles. The first-order valence-electron chi connectivity index (χ1n) is 5.80. The predicted octanol–water partition coefficient (Wildman–Crippen LogP) is 0.265. The second-order valence-corrected chi connectivity index (χ2v) is 5.26. The SMILES string of the molecule is CSCCC(=O)N1CCN(C[C@@H](C)O)CC1. The van der Waals surface area contributed by atoms with Gasteiger partial charge >= 0.3 is 0 Å². The summed E-state index contributed by atoms with van der Waals surface area (Å²) in [5.74, 6) is 1.18. The lowest BCUT2D eigenvalue weighted by Crippen LogP contribution is -2.50. The normalized spacial score (nSPS) is 19.8. The van der Waals surface area contributed by atoms with E-state index < -0.39 is 0 Å². The van der Waals surface area contributed by atoms with Crippen LogP contribution in [0.15, 0.2) is 0 Å². The number of aliphatic hydroxyl groups is 1. The second-order valence-electron chi connectivity index (χ2n) is 4.27. The van der Waals surface area contributed by atoms with Gasteiger partial charge in [0, 0.05) is 44.9 Å². The number of β-amino-alcohol motifs (C(OH)–C–C–N with tert-alkyl or cyclic N) is 1. The van der Waals surface area contributed by atoms with E-state index in [-0.39, 0.29) is 12.0 Å². The summed E-state index contributed by atoms with van der Waals surface area (Å²) in [4.78, 5) is 15.9. The minimum atomic E-state index is -0.279. The first-order chi connectivity index (χ1) is 7.63. The highest BCUT2D eigenvalue weighted by molar-refractivity contribution is 7.98. The van der Waals surface area contributed by atoms with Gasteiger partial charge in [0.2, 0.25) is 5.91 Å². The molecule has 1 amide bonds. The fourth-order valence-corrected chi connectivity index (χ4v) is 2.28. The van der Waals surface area contributed by atoms with Crippen LogP contribution in [0.25, 0.3) is 0 Å². The van der Waals surface area contributed by atoms with Crippen LogP contribution in [0.2, 0.25) is 0 Å². The van der Waals surface area contributed by atoms with Crippen LogP contribution in [-0.2, 0) is 4.79 Å². The molecule has 0 unspecified atom stereocenters. The van der Waals surface area contributed by atoms with Crippen molar-refractivity contribution in [1.29, 1.82) is 0 Å². The molecule has 94 valence electrons. The number of carbonyl (C=O) groups is 1. The Balaban J connectivity index is 2.23. The Kier molecular flexibility index (Phi) is 6.16. The monoisotopic (exact) mass is 246 g/mol. The third kappa shape index (κ3) is 4.72. The van der Waals surface area contributed by atoms with Crippen molar-refractivity contribution < 1.29 is 9.90 Å².